The molecule has 0 aliphatic heterocycles. The first-order valence-electron chi connectivity index (χ1n) is 11.0. The first-order valence-corrected chi connectivity index (χ1v) is 11.0. The maximum atomic E-state index is 13.8. The summed E-state index contributed by atoms with van der Waals surface area (Å²) in [5, 5.41) is 2.68. The number of hydrogen-bond donors (Lipinski definition) is 1. The zero-order chi connectivity index (χ0) is 23.8. The van der Waals surface area contributed by atoms with Gasteiger partial charge in [0.1, 0.15) is 23.1 Å². The standard InChI is InChI=1S/C26H21F2NO2.C2H6.H2/c1-17-23(26(30)29-16-20-12-13-21(27)15-24(20)28)10-5-11-25(17)31-22-9-4-8-19(14-22)18-6-2-3-7-18;1-2;/h2,4-15H,3,16H2,1H3,(H,29,30);1-2H3;1H. The molecule has 3 nitrogen and oxygen atoms in total. The first kappa shape index (κ1) is 23.9. The Kier molecular flexibility index (Phi) is 8.14. The lowest BCUT2D eigenvalue weighted by molar-refractivity contribution is 0.0949. The van der Waals surface area contributed by atoms with Crippen molar-refractivity contribution in [2.45, 2.75) is 33.7 Å². The van der Waals surface area contributed by atoms with Crippen LogP contribution in [0.3, 0.4) is 0 Å². The van der Waals surface area contributed by atoms with Gasteiger partial charge in [-0.1, -0.05) is 56.3 Å². The van der Waals surface area contributed by atoms with E-state index in [1.807, 2.05) is 38.1 Å². The third-order valence-corrected chi connectivity index (χ3v) is 5.15. The van der Waals surface area contributed by atoms with Gasteiger partial charge in [-0.05, 0) is 54.8 Å². The predicted octanol–water partition coefficient (Wildman–Crippen LogP) is 7.61. The third kappa shape index (κ3) is 5.95. The van der Waals surface area contributed by atoms with E-state index in [1.165, 1.54) is 6.07 Å². The maximum absolute atomic E-state index is 13.8. The molecule has 0 radical (unpaired) electrons. The molecule has 0 spiro atoms. The Morgan fingerprint density at radius 3 is 2.58 bits per heavy atom. The van der Waals surface area contributed by atoms with Crippen LogP contribution in [-0.4, -0.2) is 5.91 Å². The van der Waals surface area contributed by atoms with Crippen LogP contribution in [0, 0.1) is 18.6 Å². The summed E-state index contributed by atoms with van der Waals surface area (Å²) in [6.07, 6.45) is 7.27. The van der Waals surface area contributed by atoms with E-state index in [1.54, 1.807) is 25.1 Å². The normalized spacial score (nSPS) is 12.0. The molecule has 1 amide bonds. The minimum absolute atomic E-state index is 0. The SMILES string of the molecule is CC.Cc1c(Oc2cccc(C3=CCC=C3)c2)cccc1C(=O)NCc1ccc(F)cc1F.[HH]. The highest BCUT2D eigenvalue weighted by atomic mass is 19.1. The molecule has 5 heteroatoms. The summed E-state index contributed by atoms with van der Waals surface area (Å²) >= 11 is 0. The Morgan fingerprint density at radius 2 is 1.85 bits per heavy atom. The van der Waals surface area contributed by atoms with Crippen LogP contribution < -0.4 is 10.1 Å². The number of ether oxygens (including phenoxy) is 1. The molecule has 0 aromatic heterocycles. The molecule has 1 aliphatic rings. The second kappa shape index (κ2) is 11.2. The maximum Gasteiger partial charge on any atom is 0.251 e. The van der Waals surface area contributed by atoms with Crippen LogP contribution in [0.2, 0.25) is 0 Å². The van der Waals surface area contributed by atoms with Gasteiger partial charge in [0.25, 0.3) is 5.91 Å². The minimum atomic E-state index is -0.693. The number of carbonyl (C=O) groups is 1. The number of nitrogens with one attached hydrogen (secondary N) is 1. The van der Waals surface area contributed by atoms with Gasteiger partial charge in [0.15, 0.2) is 0 Å². The second-order valence-electron chi connectivity index (χ2n) is 7.27. The number of allylic oxidation sites excluding steroid dienone is 4. The van der Waals surface area contributed by atoms with E-state index >= 15 is 0 Å². The number of hydrogen-bond acceptors (Lipinski definition) is 2. The van der Waals surface area contributed by atoms with Gasteiger partial charge in [0.2, 0.25) is 0 Å². The summed E-state index contributed by atoms with van der Waals surface area (Å²) in [4.78, 5) is 12.7. The Hall–Kier alpha value is -3.73. The van der Waals surface area contributed by atoms with E-state index in [0.717, 1.165) is 29.7 Å². The molecule has 0 unspecified atom stereocenters. The van der Waals surface area contributed by atoms with E-state index in [2.05, 4.69) is 23.5 Å². The van der Waals surface area contributed by atoms with Gasteiger partial charge < -0.3 is 10.1 Å². The first-order chi connectivity index (χ1) is 16.0. The monoisotopic (exact) mass is 449 g/mol. The van der Waals surface area contributed by atoms with Crippen molar-refractivity contribution in [1.29, 1.82) is 0 Å². The molecule has 0 atom stereocenters. The second-order valence-corrected chi connectivity index (χ2v) is 7.27. The molecule has 0 bridgehead atoms. The van der Waals surface area contributed by atoms with Crippen LogP contribution in [-0.2, 0) is 6.54 Å². The van der Waals surface area contributed by atoms with E-state index in [9.17, 15) is 13.6 Å². The van der Waals surface area contributed by atoms with E-state index in [-0.39, 0.29) is 19.4 Å². The van der Waals surface area contributed by atoms with Gasteiger partial charge in [0.05, 0.1) is 0 Å². The van der Waals surface area contributed by atoms with Crippen LogP contribution in [0.5, 0.6) is 11.5 Å². The highest BCUT2D eigenvalue weighted by molar-refractivity contribution is 5.96. The van der Waals surface area contributed by atoms with E-state index in [4.69, 9.17) is 4.74 Å². The van der Waals surface area contributed by atoms with Crippen molar-refractivity contribution in [3.05, 3.63) is 113 Å². The predicted molar refractivity (Wildman–Crippen MR) is 130 cm³/mol. The van der Waals surface area contributed by atoms with Crippen molar-refractivity contribution in [3.63, 3.8) is 0 Å². The summed E-state index contributed by atoms with van der Waals surface area (Å²) < 4.78 is 32.9. The van der Waals surface area contributed by atoms with Crippen molar-refractivity contribution in [1.82, 2.24) is 5.32 Å². The summed E-state index contributed by atoms with van der Waals surface area (Å²) in [5.74, 6) is -0.470. The number of rotatable bonds is 6. The van der Waals surface area contributed by atoms with Crippen LogP contribution >= 0.6 is 0 Å². The van der Waals surface area contributed by atoms with Crippen LogP contribution in [0.4, 0.5) is 8.78 Å². The van der Waals surface area contributed by atoms with Crippen molar-refractivity contribution >= 4 is 11.5 Å². The smallest absolute Gasteiger partial charge is 0.251 e. The largest absolute Gasteiger partial charge is 0.457 e. The van der Waals surface area contributed by atoms with Gasteiger partial charge in [-0.2, -0.15) is 0 Å². The molecule has 0 fully saturated rings. The lowest BCUT2D eigenvalue weighted by Crippen LogP contribution is -2.24. The Bertz CT molecular complexity index is 1200. The molecule has 1 aliphatic carbocycles. The van der Waals surface area contributed by atoms with Crippen molar-refractivity contribution in [2.75, 3.05) is 0 Å². The fourth-order valence-electron chi connectivity index (χ4n) is 3.45. The van der Waals surface area contributed by atoms with Gasteiger partial charge >= 0.3 is 0 Å². The molecule has 33 heavy (non-hydrogen) atoms. The lowest BCUT2D eigenvalue weighted by atomic mass is 10.1. The molecular formula is C28H29F2NO2. The number of benzene rings is 3. The molecule has 3 aromatic carbocycles. The Morgan fingerprint density at radius 1 is 1.06 bits per heavy atom. The number of halogens is 2. The highest BCUT2D eigenvalue weighted by Crippen LogP contribution is 2.30. The van der Waals surface area contributed by atoms with Crippen LogP contribution in [0.1, 0.15) is 48.7 Å². The molecule has 0 heterocycles. The molecule has 172 valence electrons. The third-order valence-electron chi connectivity index (χ3n) is 5.15. The zero-order valence-corrected chi connectivity index (χ0v) is 19.0. The molecule has 4 rings (SSSR count). The lowest BCUT2D eigenvalue weighted by Gasteiger charge is -2.14. The summed E-state index contributed by atoms with van der Waals surface area (Å²) in [7, 11) is 0. The number of amides is 1. The summed E-state index contributed by atoms with van der Waals surface area (Å²) in [6, 6.07) is 16.3. The average molecular weight is 450 g/mol. The van der Waals surface area contributed by atoms with Crippen molar-refractivity contribution in [2.24, 2.45) is 0 Å². The molecule has 0 saturated heterocycles. The summed E-state index contributed by atoms with van der Waals surface area (Å²) in [6.45, 7) is 5.76. The highest BCUT2D eigenvalue weighted by Gasteiger charge is 2.14. The fraction of sp³-hybridized carbons (Fsp3) is 0.179. The van der Waals surface area contributed by atoms with Crippen molar-refractivity contribution in [3.8, 4) is 11.5 Å². The Labute approximate surface area is 194 Å². The van der Waals surface area contributed by atoms with Crippen LogP contribution in [0.25, 0.3) is 5.57 Å². The van der Waals surface area contributed by atoms with Gasteiger partial charge in [-0.25, -0.2) is 8.78 Å². The van der Waals surface area contributed by atoms with Gasteiger partial charge in [-0.15, -0.1) is 0 Å². The Balaban J connectivity index is 0.00000133. The van der Waals surface area contributed by atoms with Crippen molar-refractivity contribution < 1.29 is 19.7 Å². The van der Waals surface area contributed by atoms with Gasteiger partial charge in [-0.3, -0.25) is 4.79 Å². The average Bonchev–Trinajstić information content (AvgIpc) is 3.36. The quantitative estimate of drug-likeness (QED) is 0.420. The van der Waals surface area contributed by atoms with Crippen LogP contribution in [0.15, 0.2) is 78.9 Å². The van der Waals surface area contributed by atoms with Gasteiger partial charge in [0, 0.05) is 30.7 Å². The summed E-state index contributed by atoms with van der Waals surface area (Å²) in [5.41, 5.74) is 3.54. The van der Waals surface area contributed by atoms with E-state index in [0.29, 0.717) is 22.6 Å². The number of carbonyl (C=O) groups excluding carboxylic acids is 1. The topological polar surface area (TPSA) is 38.3 Å². The fourth-order valence-corrected chi connectivity index (χ4v) is 3.45. The molecule has 0 saturated carbocycles. The molecule has 1 N–H and O–H groups in total. The van der Waals surface area contributed by atoms with E-state index < -0.39 is 11.6 Å². The zero-order valence-electron chi connectivity index (χ0n) is 19.0. The minimum Gasteiger partial charge on any atom is -0.457 e. The molecular weight excluding hydrogens is 420 g/mol. The molecule has 3 aromatic rings.